The predicted molar refractivity (Wildman–Crippen MR) is 56.1 cm³/mol. The first-order valence-corrected chi connectivity index (χ1v) is 5.67. The van der Waals surface area contributed by atoms with Crippen LogP contribution in [0.1, 0.15) is 36.9 Å². The van der Waals surface area contributed by atoms with Crippen LogP contribution in [0.3, 0.4) is 0 Å². The van der Waals surface area contributed by atoms with Gasteiger partial charge in [0.05, 0.1) is 11.8 Å². The Morgan fingerprint density at radius 1 is 1.47 bits per heavy atom. The summed E-state index contributed by atoms with van der Waals surface area (Å²) in [6.45, 7) is 0.531. The van der Waals surface area contributed by atoms with Crippen molar-refractivity contribution in [2.75, 3.05) is 6.54 Å². The molecule has 1 aromatic heterocycles. The van der Waals surface area contributed by atoms with E-state index in [1.807, 2.05) is 0 Å². The van der Waals surface area contributed by atoms with E-state index in [1.165, 1.54) is 0 Å². The lowest BCUT2D eigenvalue weighted by Crippen LogP contribution is -2.42. The Balaban J connectivity index is 2.08. The van der Waals surface area contributed by atoms with Gasteiger partial charge in [0.2, 0.25) is 0 Å². The zero-order chi connectivity index (χ0) is 10.5. The van der Waals surface area contributed by atoms with Crippen LogP contribution in [-0.4, -0.2) is 21.8 Å². The number of nitrogens with zero attached hydrogens (tertiary/aromatic N) is 1. The molecule has 0 saturated heterocycles. The predicted octanol–water partition coefficient (Wildman–Crippen LogP) is 0.672. The molecule has 2 aliphatic carbocycles. The van der Waals surface area contributed by atoms with Crippen molar-refractivity contribution in [1.29, 1.82) is 0 Å². The average molecular weight is 207 g/mol. The summed E-state index contributed by atoms with van der Waals surface area (Å²) in [5.74, 6) is 0. The molecule has 82 valence electrons. The third-order valence-electron chi connectivity index (χ3n) is 4.25. The van der Waals surface area contributed by atoms with Gasteiger partial charge in [-0.3, -0.25) is 5.10 Å². The molecule has 1 unspecified atom stereocenters. The van der Waals surface area contributed by atoms with Gasteiger partial charge in [-0.25, -0.2) is 0 Å². The Labute approximate surface area is 88.9 Å². The number of aromatic amines is 1. The van der Waals surface area contributed by atoms with Crippen LogP contribution >= 0.6 is 0 Å². The van der Waals surface area contributed by atoms with Crippen LogP contribution < -0.4 is 5.73 Å². The van der Waals surface area contributed by atoms with Crippen molar-refractivity contribution >= 4 is 0 Å². The minimum absolute atomic E-state index is 0.114. The lowest BCUT2D eigenvalue weighted by Gasteiger charge is -2.40. The maximum Gasteiger partial charge on any atom is 0.0997 e. The van der Waals surface area contributed by atoms with Crippen molar-refractivity contribution in [3.8, 4) is 0 Å². The molecule has 1 atom stereocenters. The van der Waals surface area contributed by atoms with Crippen LogP contribution in [0.15, 0.2) is 6.20 Å². The Kier molecular flexibility index (Phi) is 1.77. The third-order valence-corrected chi connectivity index (χ3v) is 4.25. The van der Waals surface area contributed by atoms with Crippen LogP contribution in [-0.2, 0) is 12.0 Å². The molecule has 1 saturated carbocycles. The SMILES string of the molecule is NCCC1(O)c2cn[nH]c2CCC12CC2. The molecule has 3 rings (SSSR count). The van der Waals surface area contributed by atoms with E-state index in [9.17, 15) is 5.11 Å². The van der Waals surface area contributed by atoms with Crippen molar-refractivity contribution in [1.82, 2.24) is 10.2 Å². The summed E-state index contributed by atoms with van der Waals surface area (Å²) in [7, 11) is 0. The highest BCUT2D eigenvalue weighted by Crippen LogP contribution is 2.64. The largest absolute Gasteiger partial charge is 0.384 e. The van der Waals surface area contributed by atoms with Crippen LogP contribution in [0, 0.1) is 5.41 Å². The van der Waals surface area contributed by atoms with Crippen molar-refractivity contribution < 1.29 is 5.11 Å². The minimum Gasteiger partial charge on any atom is -0.384 e. The number of aromatic nitrogens is 2. The summed E-state index contributed by atoms with van der Waals surface area (Å²) in [6.07, 6.45) is 6.78. The lowest BCUT2D eigenvalue weighted by molar-refractivity contribution is -0.0559. The molecule has 15 heavy (non-hydrogen) atoms. The molecule has 0 amide bonds. The van der Waals surface area contributed by atoms with Crippen LogP contribution in [0.2, 0.25) is 0 Å². The molecule has 4 N–H and O–H groups in total. The number of aryl methyl sites for hydroxylation is 1. The summed E-state index contributed by atoms with van der Waals surface area (Å²) in [6, 6.07) is 0. The molecule has 4 heteroatoms. The van der Waals surface area contributed by atoms with Gasteiger partial charge in [-0.2, -0.15) is 5.10 Å². The van der Waals surface area contributed by atoms with Gasteiger partial charge in [0.25, 0.3) is 0 Å². The Morgan fingerprint density at radius 3 is 2.93 bits per heavy atom. The molecule has 1 spiro atoms. The van der Waals surface area contributed by atoms with Gasteiger partial charge in [-0.05, 0) is 38.6 Å². The zero-order valence-corrected chi connectivity index (χ0v) is 8.79. The van der Waals surface area contributed by atoms with E-state index in [-0.39, 0.29) is 5.41 Å². The summed E-state index contributed by atoms with van der Waals surface area (Å²) < 4.78 is 0. The van der Waals surface area contributed by atoms with Crippen LogP contribution in [0.4, 0.5) is 0 Å². The highest BCUT2D eigenvalue weighted by molar-refractivity contribution is 5.34. The maximum atomic E-state index is 10.9. The summed E-state index contributed by atoms with van der Waals surface area (Å²) in [5.41, 5.74) is 7.12. The van der Waals surface area contributed by atoms with Gasteiger partial charge < -0.3 is 10.8 Å². The molecule has 1 fully saturated rings. The summed E-state index contributed by atoms with van der Waals surface area (Å²) >= 11 is 0. The average Bonchev–Trinajstić information content (AvgIpc) is 2.84. The number of hydrogen-bond acceptors (Lipinski definition) is 3. The van der Waals surface area contributed by atoms with Crippen LogP contribution in [0.5, 0.6) is 0 Å². The van der Waals surface area contributed by atoms with Gasteiger partial charge in [0.1, 0.15) is 0 Å². The zero-order valence-electron chi connectivity index (χ0n) is 8.79. The van der Waals surface area contributed by atoms with Gasteiger partial charge in [-0.1, -0.05) is 0 Å². The van der Waals surface area contributed by atoms with Gasteiger partial charge in [-0.15, -0.1) is 0 Å². The first kappa shape index (κ1) is 9.36. The second kappa shape index (κ2) is 2.83. The Morgan fingerprint density at radius 2 is 2.27 bits per heavy atom. The molecule has 4 nitrogen and oxygen atoms in total. The number of hydrogen-bond donors (Lipinski definition) is 3. The van der Waals surface area contributed by atoms with E-state index in [2.05, 4.69) is 10.2 Å². The number of aliphatic hydroxyl groups is 1. The quantitative estimate of drug-likeness (QED) is 0.667. The monoisotopic (exact) mass is 207 g/mol. The molecule has 1 aromatic rings. The fourth-order valence-electron chi connectivity index (χ4n) is 3.14. The number of nitrogens with one attached hydrogen (secondary N) is 1. The standard InChI is InChI=1S/C11H17N3O/c12-6-5-11(15)8-7-13-14-9(8)1-2-10(11)3-4-10/h7,15H,1-6,12H2,(H,13,14). The smallest absolute Gasteiger partial charge is 0.0997 e. The van der Waals surface area contributed by atoms with E-state index >= 15 is 0 Å². The molecule has 2 aliphatic rings. The van der Waals surface area contributed by atoms with E-state index < -0.39 is 5.60 Å². The molecular formula is C11H17N3O. The molecule has 0 bridgehead atoms. The highest BCUT2D eigenvalue weighted by atomic mass is 16.3. The number of H-pyrrole nitrogens is 1. The number of nitrogens with two attached hydrogens (primary N) is 1. The van der Waals surface area contributed by atoms with Crippen molar-refractivity contribution in [3.05, 3.63) is 17.5 Å². The first-order valence-electron chi connectivity index (χ1n) is 5.67. The molecule has 1 heterocycles. The molecule has 0 aliphatic heterocycles. The van der Waals surface area contributed by atoms with Gasteiger partial charge >= 0.3 is 0 Å². The number of rotatable bonds is 2. The van der Waals surface area contributed by atoms with Crippen molar-refractivity contribution in [3.63, 3.8) is 0 Å². The van der Waals surface area contributed by atoms with Gasteiger partial charge in [0.15, 0.2) is 0 Å². The number of fused-ring (bicyclic) bond motifs is 1. The summed E-state index contributed by atoms with van der Waals surface area (Å²) in [5, 5.41) is 17.9. The normalized spacial score (nSPS) is 31.6. The fourth-order valence-corrected chi connectivity index (χ4v) is 3.14. The van der Waals surface area contributed by atoms with E-state index in [0.29, 0.717) is 13.0 Å². The molecular weight excluding hydrogens is 190 g/mol. The fraction of sp³-hybridized carbons (Fsp3) is 0.727. The Hall–Kier alpha value is -0.870. The van der Waals surface area contributed by atoms with Gasteiger partial charge in [0, 0.05) is 16.7 Å². The van der Waals surface area contributed by atoms with Crippen molar-refractivity contribution in [2.45, 2.75) is 37.7 Å². The van der Waals surface area contributed by atoms with Crippen LogP contribution in [0.25, 0.3) is 0 Å². The molecule has 0 aromatic carbocycles. The van der Waals surface area contributed by atoms with E-state index in [1.54, 1.807) is 6.20 Å². The van der Waals surface area contributed by atoms with Crippen molar-refractivity contribution in [2.24, 2.45) is 11.1 Å². The minimum atomic E-state index is -0.720. The van der Waals surface area contributed by atoms with E-state index in [4.69, 9.17) is 5.73 Å². The second-order valence-electron chi connectivity index (χ2n) is 4.94. The first-order chi connectivity index (χ1) is 7.22. The third kappa shape index (κ3) is 1.06. The lowest BCUT2D eigenvalue weighted by atomic mass is 9.69. The van der Waals surface area contributed by atoms with E-state index in [0.717, 1.165) is 36.9 Å². The molecule has 0 radical (unpaired) electrons. The highest BCUT2D eigenvalue weighted by Gasteiger charge is 2.61. The Bertz CT molecular complexity index is 383. The summed E-state index contributed by atoms with van der Waals surface area (Å²) in [4.78, 5) is 0. The topological polar surface area (TPSA) is 74.9 Å². The second-order valence-corrected chi connectivity index (χ2v) is 4.94. The maximum absolute atomic E-state index is 10.9.